The summed E-state index contributed by atoms with van der Waals surface area (Å²) >= 11 is 0. The van der Waals surface area contributed by atoms with Crippen LogP contribution in [0.1, 0.15) is 188 Å². The summed E-state index contributed by atoms with van der Waals surface area (Å²) in [7, 11) is 0. The van der Waals surface area contributed by atoms with Gasteiger partial charge in [-0.25, -0.2) is 0 Å². The summed E-state index contributed by atoms with van der Waals surface area (Å²) < 4.78 is 17.1. The minimum absolute atomic E-state index is 0.0566. The normalized spacial score (nSPS) is 13.0. The van der Waals surface area contributed by atoms with E-state index >= 15 is 0 Å². The molecule has 0 amide bonds. The maximum Gasteiger partial charge on any atom is 0.306 e. The molecule has 0 aromatic carbocycles. The van der Waals surface area contributed by atoms with Gasteiger partial charge in [0.2, 0.25) is 0 Å². The topological polar surface area (TPSA) is 61.8 Å². The van der Waals surface area contributed by atoms with Gasteiger partial charge in [-0.3, -0.25) is 9.59 Å². The summed E-state index contributed by atoms with van der Waals surface area (Å²) in [5, 5.41) is 0. The van der Waals surface area contributed by atoms with Crippen molar-refractivity contribution in [3.8, 4) is 0 Å². The number of esters is 2. The Labute approximate surface area is 333 Å². The molecule has 0 bridgehead atoms. The first-order valence-corrected chi connectivity index (χ1v) is 22.1. The Morgan fingerprint density at radius 1 is 0.426 bits per heavy atom. The molecule has 0 saturated heterocycles. The molecule has 1 atom stereocenters. The molecule has 1 unspecified atom stereocenters. The van der Waals surface area contributed by atoms with E-state index in [2.05, 4.69) is 106 Å². The molecule has 0 radical (unpaired) electrons. The predicted molar refractivity (Wildman–Crippen MR) is 233 cm³/mol. The third kappa shape index (κ3) is 41.8. The van der Waals surface area contributed by atoms with Gasteiger partial charge in [-0.05, 0) is 89.9 Å². The van der Waals surface area contributed by atoms with Gasteiger partial charge in [-0.1, -0.05) is 170 Å². The predicted octanol–water partition coefficient (Wildman–Crippen LogP) is 14.6. The number of rotatable bonds is 39. The summed E-state index contributed by atoms with van der Waals surface area (Å²) in [6.07, 6.45) is 57.6. The van der Waals surface area contributed by atoms with Crippen molar-refractivity contribution in [1.29, 1.82) is 0 Å². The summed E-state index contributed by atoms with van der Waals surface area (Å²) in [6, 6.07) is 0. The Bertz CT molecular complexity index is 1030. The van der Waals surface area contributed by atoms with E-state index in [1.807, 2.05) is 0 Å². The molecule has 5 nitrogen and oxygen atoms in total. The largest absolute Gasteiger partial charge is 0.462 e. The van der Waals surface area contributed by atoms with E-state index in [0.717, 1.165) is 96.3 Å². The van der Waals surface area contributed by atoms with Gasteiger partial charge in [-0.15, -0.1) is 0 Å². The highest BCUT2D eigenvalue weighted by Gasteiger charge is 2.17. The van der Waals surface area contributed by atoms with E-state index in [1.54, 1.807) is 0 Å². The minimum Gasteiger partial charge on any atom is -0.462 e. The van der Waals surface area contributed by atoms with Gasteiger partial charge in [0.05, 0.1) is 6.61 Å². The van der Waals surface area contributed by atoms with Crippen molar-refractivity contribution in [2.75, 3.05) is 19.8 Å². The molecule has 0 fully saturated rings. The molecule has 0 aromatic rings. The summed E-state index contributed by atoms with van der Waals surface area (Å²) in [4.78, 5) is 25.0. The van der Waals surface area contributed by atoms with E-state index in [4.69, 9.17) is 14.2 Å². The van der Waals surface area contributed by atoms with Crippen molar-refractivity contribution in [2.45, 2.75) is 194 Å². The third-order valence-electron chi connectivity index (χ3n) is 8.93. The van der Waals surface area contributed by atoms with Crippen molar-refractivity contribution < 1.29 is 23.8 Å². The van der Waals surface area contributed by atoms with Crippen LogP contribution in [0.3, 0.4) is 0 Å². The fourth-order valence-electron chi connectivity index (χ4n) is 5.69. The first kappa shape index (κ1) is 51.1. The van der Waals surface area contributed by atoms with Crippen LogP contribution in [0.5, 0.6) is 0 Å². The molecule has 54 heavy (non-hydrogen) atoms. The maximum absolute atomic E-state index is 12.5. The molecule has 0 aliphatic carbocycles. The van der Waals surface area contributed by atoms with Gasteiger partial charge in [-0.2, -0.15) is 0 Å². The Balaban J connectivity index is 4.15. The molecular formula is C49H82O5. The lowest BCUT2D eigenvalue weighted by Crippen LogP contribution is -2.30. The maximum atomic E-state index is 12.5. The zero-order valence-electron chi connectivity index (χ0n) is 35.2. The van der Waals surface area contributed by atoms with E-state index in [9.17, 15) is 9.59 Å². The third-order valence-corrected chi connectivity index (χ3v) is 8.93. The smallest absolute Gasteiger partial charge is 0.306 e. The Morgan fingerprint density at radius 3 is 1.37 bits per heavy atom. The van der Waals surface area contributed by atoms with Crippen molar-refractivity contribution in [1.82, 2.24) is 0 Å². The van der Waals surface area contributed by atoms with Crippen LogP contribution < -0.4 is 0 Å². The second-order valence-electron chi connectivity index (χ2n) is 14.2. The van der Waals surface area contributed by atoms with Crippen LogP contribution in [-0.4, -0.2) is 37.9 Å². The van der Waals surface area contributed by atoms with Crippen molar-refractivity contribution in [2.24, 2.45) is 0 Å². The molecule has 0 N–H and O–H groups in total. The van der Waals surface area contributed by atoms with Crippen LogP contribution in [0.25, 0.3) is 0 Å². The van der Waals surface area contributed by atoms with Crippen LogP contribution >= 0.6 is 0 Å². The molecular weight excluding hydrogens is 669 g/mol. The fourth-order valence-corrected chi connectivity index (χ4v) is 5.69. The van der Waals surface area contributed by atoms with Gasteiger partial charge in [0.15, 0.2) is 6.10 Å². The average molecular weight is 751 g/mol. The van der Waals surface area contributed by atoms with Gasteiger partial charge >= 0.3 is 11.9 Å². The van der Waals surface area contributed by atoms with E-state index in [0.29, 0.717) is 19.4 Å². The average Bonchev–Trinajstić information content (AvgIpc) is 3.17. The molecule has 0 saturated carbocycles. The Kier molecular flexibility index (Phi) is 42.1. The van der Waals surface area contributed by atoms with Gasteiger partial charge in [0, 0.05) is 19.4 Å². The molecule has 0 aliphatic heterocycles. The number of hydrogen-bond acceptors (Lipinski definition) is 5. The van der Waals surface area contributed by atoms with Gasteiger partial charge < -0.3 is 14.2 Å². The molecule has 0 aliphatic rings. The molecule has 0 aromatic heterocycles. The number of ether oxygens (including phenoxy) is 3. The van der Waals surface area contributed by atoms with Crippen molar-refractivity contribution in [3.63, 3.8) is 0 Å². The lowest BCUT2D eigenvalue weighted by molar-refractivity contribution is -0.163. The number of carbonyl (C=O) groups excluding carboxylic acids is 2. The highest BCUT2D eigenvalue weighted by Crippen LogP contribution is 2.12. The fraction of sp³-hybridized carbons (Fsp3) is 0.673. The molecule has 5 heteroatoms. The monoisotopic (exact) mass is 751 g/mol. The van der Waals surface area contributed by atoms with Crippen LogP contribution in [0.4, 0.5) is 0 Å². The summed E-state index contributed by atoms with van der Waals surface area (Å²) in [5.74, 6) is -0.468. The second kappa shape index (κ2) is 44.5. The molecule has 0 spiro atoms. The van der Waals surface area contributed by atoms with Crippen LogP contribution in [-0.2, 0) is 23.8 Å². The van der Waals surface area contributed by atoms with Gasteiger partial charge in [0.25, 0.3) is 0 Å². The molecule has 308 valence electrons. The Hall–Kier alpha value is -2.92. The van der Waals surface area contributed by atoms with Crippen LogP contribution in [0, 0.1) is 0 Å². The van der Waals surface area contributed by atoms with Crippen molar-refractivity contribution in [3.05, 3.63) is 85.1 Å². The standard InChI is InChI=1S/C49H82O5/c1-4-7-10-13-15-17-19-21-23-24-25-27-29-31-33-35-38-41-44-52-45-47(54-49(51)43-40-36-12-9-6-3)46-53-48(50)42-39-37-34-32-30-28-26-22-20-18-16-14-11-8-5-2/h7-8,10-11,15-18,21-23,26,30,32,47H,4-6,9,12-14,19-20,24-25,27-29,31,33-46H2,1-3H3/b10-7-,11-8-,17-15-,18-16-,23-21-,26-22-,32-30-. The molecule has 0 heterocycles. The minimum atomic E-state index is -0.555. The van der Waals surface area contributed by atoms with E-state index < -0.39 is 6.10 Å². The zero-order chi connectivity index (χ0) is 39.3. The lowest BCUT2D eigenvalue weighted by Gasteiger charge is -2.18. The summed E-state index contributed by atoms with van der Waals surface area (Å²) in [6.45, 7) is 7.45. The number of allylic oxidation sites excluding steroid dienone is 14. The number of hydrogen-bond donors (Lipinski definition) is 0. The van der Waals surface area contributed by atoms with Gasteiger partial charge in [0.1, 0.15) is 6.61 Å². The van der Waals surface area contributed by atoms with E-state index in [1.165, 1.54) is 57.8 Å². The molecule has 0 rings (SSSR count). The lowest BCUT2D eigenvalue weighted by atomic mass is 10.1. The van der Waals surface area contributed by atoms with Crippen LogP contribution in [0.2, 0.25) is 0 Å². The number of unbranched alkanes of at least 4 members (excludes halogenated alkanes) is 14. The highest BCUT2D eigenvalue weighted by molar-refractivity contribution is 5.70. The Morgan fingerprint density at radius 2 is 0.833 bits per heavy atom. The second-order valence-corrected chi connectivity index (χ2v) is 14.2. The van der Waals surface area contributed by atoms with E-state index in [-0.39, 0.29) is 25.2 Å². The quantitative estimate of drug-likeness (QED) is 0.0356. The first-order chi connectivity index (χ1) is 26.6. The number of carbonyl (C=O) groups is 2. The SMILES string of the molecule is CC/C=C\C/C=C\C/C=C\C/C=C\CCCCC(=O)OCC(COCCCCCCCCCC/C=C\C/C=C\C/C=C\CC)OC(=O)CCCCCCC. The zero-order valence-corrected chi connectivity index (χ0v) is 35.2. The van der Waals surface area contributed by atoms with Crippen LogP contribution in [0.15, 0.2) is 85.1 Å². The van der Waals surface area contributed by atoms with Crippen molar-refractivity contribution >= 4 is 11.9 Å². The highest BCUT2D eigenvalue weighted by atomic mass is 16.6. The summed E-state index contributed by atoms with van der Waals surface area (Å²) in [5.41, 5.74) is 0. The first-order valence-electron chi connectivity index (χ1n) is 22.1.